The van der Waals surface area contributed by atoms with Crippen LogP contribution in [0.3, 0.4) is 0 Å². The van der Waals surface area contributed by atoms with E-state index < -0.39 is 0 Å². The molecular weight excluding hydrogens is 329 g/mol. The summed E-state index contributed by atoms with van der Waals surface area (Å²) < 4.78 is 11.0. The molecule has 4 aromatic rings. The van der Waals surface area contributed by atoms with Crippen molar-refractivity contribution < 1.29 is 0 Å². The van der Waals surface area contributed by atoms with Gasteiger partial charge in [0.2, 0.25) is 0 Å². The second-order valence-corrected chi connectivity index (χ2v) is 5.97. The van der Waals surface area contributed by atoms with E-state index in [1.54, 1.807) is 0 Å². The van der Waals surface area contributed by atoms with Gasteiger partial charge < -0.3 is 0 Å². The molecule has 0 atom stereocenters. The van der Waals surface area contributed by atoms with Gasteiger partial charge in [0.1, 0.15) is 0 Å². The number of fused-ring (bicyclic) bond motifs is 2. The Hall–Kier alpha value is -2.17. The number of benzene rings is 1. The average Bonchev–Trinajstić information content (AvgIpc) is 3.09. The van der Waals surface area contributed by atoms with Gasteiger partial charge in [-0.3, -0.25) is 0 Å². The summed E-state index contributed by atoms with van der Waals surface area (Å²) in [6.07, 6.45) is 2.05. The second kappa shape index (κ2) is 4.98. The molecular formula is C15H13N5Se. The third-order valence-electron chi connectivity index (χ3n) is 3.56. The van der Waals surface area contributed by atoms with Crippen LogP contribution >= 0.6 is 0 Å². The average molecular weight is 342 g/mol. The van der Waals surface area contributed by atoms with Crippen molar-refractivity contribution in [1.29, 1.82) is 0 Å². The molecule has 1 N–H and O–H groups in total. The Labute approximate surface area is 127 Å². The van der Waals surface area contributed by atoms with E-state index in [-0.39, 0.29) is 15.0 Å². The summed E-state index contributed by atoms with van der Waals surface area (Å²) in [5.41, 5.74) is 6.23. The van der Waals surface area contributed by atoms with Crippen molar-refractivity contribution in [3.8, 4) is 0 Å². The molecule has 0 saturated heterocycles. The minimum absolute atomic E-state index is 0.000652. The molecule has 3 aromatic heterocycles. The number of aromatic nitrogens is 4. The fourth-order valence-electron chi connectivity index (χ4n) is 2.50. The molecule has 0 aliphatic heterocycles. The van der Waals surface area contributed by atoms with E-state index in [1.807, 2.05) is 43.5 Å². The monoisotopic (exact) mass is 343 g/mol. The molecule has 21 heavy (non-hydrogen) atoms. The van der Waals surface area contributed by atoms with Crippen LogP contribution in [0, 0.1) is 6.92 Å². The molecule has 3 heterocycles. The first-order valence-electron chi connectivity index (χ1n) is 6.70. The van der Waals surface area contributed by atoms with Gasteiger partial charge in [0, 0.05) is 0 Å². The van der Waals surface area contributed by atoms with Crippen LogP contribution < -0.4 is 5.32 Å². The molecule has 0 spiro atoms. The van der Waals surface area contributed by atoms with Gasteiger partial charge in [0.25, 0.3) is 0 Å². The number of rotatable bonds is 3. The maximum atomic E-state index is 4.58. The molecule has 0 aliphatic carbocycles. The van der Waals surface area contributed by atoms with Gasteiger partial charge in [0.15, 0.2) is 0 Å². The van der Waals surface area contributed by atoms with Crippen molar-refractivity contribution in [1.82, 2.24) is 17.3 Å². The zero-order valence-corrected chi connectivity index (χ0v) is 13.2. The van der Waals surface area contributed by atoms with Crippen LogP contribution in [0.5, 0.6) is 0 Å². The second-order valence-electron chi connectivity index (χ2n) is 4.86. The maximum absolute atomic E-state index is 4.58. The number of imidazole rings is 1. The fourth-order valence-corrected chi connectivity index (χ4v) is 3.66. The van der Waals surface area contributed by atoms with E-state index in [0.29, 0.717) is 0 Å². The molecule has 104 valence electrons. The van der Waals surface area contributed by atoms with Crippen LogP contribution in [0.1, 0.15) is 11.4 Å². The summed E-state index contributed by atoms with van der Waals surface area (Å²) >= 11 is -0.000652. The van der Waals surface area contributed by atoms with Crippen LogP contribution in [0.15, 0.2) is 42.6 Å². The summed E-state index contributed by atoms with van der Waals surface area (Å²) in [7, 11) is 0. The molecule has 0 radical (unpaired) electrons. The zero-order valence-electron chi connectivity index (χ0n) is 11.4. The summed E-state index contributed by atoms with van der Waals surface area (Å²) in [5, 5.41) is 3.48. The van der Waals surface area contributed by atoms with E-state index in [2.05, 4.69) is 28.7 Å². The Balaban J connectivity index is 1.70. The molecule has 0 amide bonds. The van der Waals surface area contributed by atoms with Crippen molar-refractivity contribution in [3.63, 3.8) is 0 Å². The standard InChI is InChI=1S/C15H13N5Se/c1-10-13(20-8-3-2-7-14(20)17-10)9-16-11-5-4-6-12-15(11)19-21-18-12/h2-8,16H,9H2,1H3. The first-order chi connectivity index (χ1) is 10.3. The molecule has 0 fully saturated rings. The number of hydrogen-bond donors (Lipinski definition) is 1. The van der Waals surface area contributed by atoms with E-state index in [0.717, 1.165) is 34.6 Å². The van der Waals surface area contributed by atoms with Crippen LogP contribution in [-0.2, 0) is 6.54 Å². The fraction of sp³-hybridized carbons (Fsp3) is 0.133. The molecule has 4 rings (SSSR count). The number of anilines is 1. The Morgan fingerprint density at radius 2 is 2.10 bits per heavy atom. The van der Waals surface area contributed by atoms with Crippen LogP contribution in [0.4, 0.5) is 5.69 Å². The van der Waals surface area contributed by atoms with Crippen molar-refractivity contribution in [2.45, 2.75) is 13.5 Å². The predicted octanol–water partition coefficient (Wildman–Crippen LogP) is 2.26. The molecule has 5 nitrogen and oxygen atoms in total. The molecule has 6 heteroatoms. The summed E-state index contributed by atoms with van der Waals surface area (Å²) in [4.78, 5) is 4.58. The Bertz CT molecular complexity index is 924. The Morgan fingerprint density at radius 3 is 3.05 bits per heavy atom. The summed E-state index contributed by atoms with van der Waals surface area (Å²) in [6, 6.07) is 12.1. The first-order valence-corrected chi connectivity index (χ1v) is 8.24. The van der Waals surface area contributed by atoms with Gasteiger partial charge in [-0.1, -0.05) is 0 Å². The first kappa shape index (κ1) is 12.6. The van der Waals surface area contributed by atoms with Gasteiger partial charge in [-0.25, -0.2) is 0 Å². The van der Waals surface area contributed by atoms with E-state index >= 15 is 0 Å². The van der Waals surface area contributed by atoms with Gasteiger partial charge in [-0.2, -0.15) is 0 Å². The number of aryl methyl sites for hydroxylation is 1. The molecule has 0 bridgehead atoms. The molecule has 0 saturated carbocycles. The summed E-state index contributed by atoms with van der Waals surface area (Å²) in [5.74, 6) is 0. The van der Waals surface area contributed by atoms with Crippen molar-refractivity contribution in [2.24, 2.45) is 0 Å². The van der Waals surface area contributed by atoms with Gasteiger partial charge >= 0.3 is 127 Å². The van der Waals surface area contributed by atoms with Crippen LogP contribution in [0.2, 0.25) is 0 Å². The third-order valence-corrected chi connectivity index (χ3v) is 4.70. The molecule has 0 aliphatic rings. The van der Waals surface area contributed by atoms with Gasteiger partial charge in [0.05, 0.1) is 0 Å². The number of nitrogens with one attached hydrogen (secondary N) is 1. The Kier molecular flexibility index (Phi) is 2.98. The number of hydrogen-bond acceptors (Lipinski definition) is 4. The van der Waals surface area contributed by atoms with Crippen molar-refractivity contribution in [3.05, 3.63) is 54.0 Å². The van der Waals surface area contributed by atoms with Crippen LogP contribution in [-0.4, -0.2) is 32.3 Å². The molecule has 0 unspecified atom stereocenters. The SMILES string of the molecule is Cc1nc2ccccn2c1CNc1cccc2n[se]nc12. The third kappa shape index (κ3) is 2.13. The van der Waals surface area contributed by atoms with Gasteiger partial charge in [-0.05, 0) is 0 Å². The quantitative estimate of drug-likeness (QED) is 0.580. The predicted molar refractivity (Wildman–Crippen MR) is 83.7 cm³/mol. The number of pyridine rings is 1. The van der Waals surface area contributed by atoms with E-state index in [4.69, 9.17) is 0 Å². The number of nitrogens with zero attached hydrogens (tertiary/aromatic N) is 4. The minimum atomic E-state index is -0.000652. The summed E-state index contributed by atoms with van der Waals surface area (Å²) in [6.45, 7) is 2.76. The molecule has 1 aromatic carbocycles. The zero-order chi connectivity index (χ0) is 14.2. The van der Waals surface area contributed by atoms with E-state index in [9.17, 15) is 0 Å². The normalized spacial score (nSPS) is 11.3. The Morgan fingerprint density at radius 1 is 1.14 bits per heavy atom. The van der Waals surface area contributed by atoms with Crippen molar-refractivity contribution in [2.75, 3.05) is 5.32 Å². The van der Waals surface area contributed by atoms with Gasteiger partial charge in [-0.15, -0.1) is 0 Å². The van der Waals surface area contributed by atoms with E-state index in [1.165, 1.54) is 5.69 Å². The van der Waals surface area contributed by atoms with Crippen LogP contribution in [0.25, 0.3) is 16.7 Å². The van der Waals surface area contributed by atoms with Crippen molar-refractivity contribution >= 4 is 37.3 Å². The topological polar surface area (TPSA) is 55.1 Å².